The molecule has 3 aromatic carbocycles. The van der Waals surface area contributed by atoms with Gasteiger partial charge in [0.2, 0.25) is 0 Å². The number of hydrogen-bond acceptors (Lipinski definition) is 5. The van der Waals surface area contributed by atoms with Crippen molar-refractivity contribution in [2.45, 2.75) is 6.61 Å². The van der Waals surface area contributed by atoms with Crippen molar-refractivity contribution in [3.05, 3.63) is 117 Å². The smallest absolute Gasteiger partial charge is 0.292 e. The normalized spacial score (nSPS) is 10.9. The second-order valence-corrected chi connectivity index (χ2v) is 7.16. The number of aromatic nitrogens is 2. The maximum absolute atomic E-state index is 12.9. The Kier molecular flexibility index (Phi) is 6.57. The molecule has 0 spiro atoms. The molecule has 32 heavy (non-hydrogen) atoms. The summed E-state index contributed by atoms with van der Waals surface area (Å²) in [5.41, 5.74) is 4.92. The van der Waals surface area contributed by atoms with Gasteiger partial charge in [0.05, 0.1) is 18.1 Å². The third kappa shape index (κ3) is 5.19. The van der Waals surface area contributed by atoms with E-state index in [-0.39, 0.29) is 10.8 Å². The number of halogens is 2. The highest BCUT2D eigenvalue weighted by Gasteiger charge is 2.10. The van der Waals surface area contributed by atoms with Gasteiger partial charge < -0.3 is 4.74 Å². The predicted molar refractivity (Wildman–Crippen MR) is 123 cm³/mol. The minimum atomic E-state index is -0.444. The summed E-state index contributed by atoms with van der Waals surface area (Å²) < 4.78 is 19.9. The summed E-state index contributed by atoms with van der Waals surface area (Å²) in [6.07, 6.45) is 3.03. The Bertz CT molecular complexity index is 1270. The van der Waals surface area contributed by atoms with Gasteiger partial charge in [-0.25, -0.2) is 4.39 Å². The van der Waals surface area contributed by atoms with Crippen LogP contribution < -0.4 is 15.7 Å². The first kappa shape index (κ1) is 21.3. The van der Waals surface area contributed by atoms with Gasteiger partial charge in [-0.3, -0.25) is 10.2 Å². The molecular formula is C24H18ClFN4O2. The summed E-state index contributed by atoms with van der Waals surface area (Å²) in [5, 5.41) is 8.26. The molecule has 160 valence electrons. The molecule has 0 amide bonds. The van der Waals surface area contributed by atoms with E-state index in [0.29, 0.717) is 23.7 Å². The van der Waals surface area contributed by atoms with E-state index in [1.807, 2.05) is 30.3 Å². The number of anilines is 1. The summed E-state index contributed by atoms with van der Waals surface area (Å²) in [5.74, 6) is 0.400. The number of ether oxygens (including phenoxy) is 1. The molecule has 1 N–H and O–H groups in total. The maximum Gasteiger partial charge on any atom is 0.292 e. The second kappa shape index (κ2) is 9.89. The summed E-state index contributed by atoms with van der Waals surface area (Å²) >= 11 is 6.20. The van der Waals surface area contributed by atoms with Gasteiger partial charge in [0, 0.05) is 0 Å². The first-order valence-corrected chi connectivity index (χ1v) is 10.1. The summed E-state index contributed by atoms with van der Waals surface area (Å²) in [6.45, 7) is 0.343. The lowest BCUT2D eigenvalue weighted by Gasteiger charge is -2.08. The van der Waals surface area contributed by atoms with Crippen molar-refractivity contribution in [2.24, 2.45) is 5.10 Å². The Hall–Kier alpha value is -3.97. The second-order valence-electron chi connectivity index (χ2n) is 6.78. The molecule has 4 rings (SSSR count). The lowest BCUT2D eigenvalue weighted by Crippen LogP contribution is -2.22. The number of hydrazone groups is 1. The Morgan fingerprint density at radius 2 is 1.75 bits per heavy atom. The van der Waals surface area contributed by atoms with Crippen LogP contribution in [0.5, 0.6) is 5.75 Å². The van der Waals surface area contributed by atoms with Gasteiger partial charge in [-0.15, -0.1) is 0 Å². The van der Waals surface area contributed by atoms with Crippen molar-refractivity contribution in [3.8, 4) is 11.4 Å². The largest absolute Gasteiger partial charge is 0.489 e. The zero-order valence-electron chi connectivity index (χ0n) is 16.8. The third-order valence-electron chi connectivity index (χ3n) is 4.52. The van der Waals surface area contributed by atoms with Crippen LogP contribution >= 0.6 is 11.6 Å². The number of nitrogens with one attached hydrogen (secondary N) is 1. The average Bonchev–Trinajstić information content (AvgIpc) is 2.83. The fourth-order valence-electron chi connectivity index (χ4n) is 2.84. The van der Waals surface area contributed by atoms with Crippen LogP contribution in [0.1, 0.15) is 11.1 Å². The van der Waals surface area contributed by atoms with Crippen molar-refractivity contribution < 1.29 is 9.13 Å². The topological polar surface area (TPSA) is 68.5 Å². The van der Waals surface area contributed by atoms with Crippen LogP contribution in [-0.2, 0) is 6.61 Å². The number of para-hydroxylation sites is 1. The maximum atomic E-state index is 12.9. The predicted octanol–water partition coefficient (Wildman–Crippen LogP) is 5.05. The van der Waals surface area contributed by atoms with Crippen LogP contribution in [0, 0.1) is 5.82 Å². The van der Waals surface area contributed by atoms with E-state index < -0.39 is 5.56 Å². The van der Waals surface area contributed by atoms with E-state index >= 15 is 0 Å². The van der Waals surface area contributed by atoms with Crippen LogP contribution in [0.2, 0.25) is 5.02 Å². The molecule has 1 heterocycles. The first-order valence-electron chi connectivity index (χ1n) is 9.70. The lowest BCUT2D eigenvalue weighted by atomic mass is 10.2. The van der Waals surface area contributed by atoms with E-state index in [4.69, 9.17) is 16.3 Å². The number of nitrogens with zero attached hydrogens (tertiary/aromatic N) is 3. The quantitative estimate of drug-likeness (QED) is 0.317. The molecule has 0 saturated carbocycles. The molecular weight excluding hydrogens is 431 g/mol. The van der Waals surface area contributed by atoms with Gasteiger partial charge in [-0.2, -0.15) is 14.9 Å². The molecule has 0 radical (unpaired) electrons. The van der Waals surface area contributed by atoms with E-state index in [1.54, 1.807) is 42.6 Å². The monoisotopic (exact) mass is 448 g/mol. The Labute approximate surface area is 188 Å². The van der Waals surface area contributed by atoms with Crippen LogP contribution in [0.4, 0.5) is 10.1 Å². The van der Waals surface area contributed by atoms with Crippen molar-refractivity contribution >= 4 is 23.5 Å². The fraction of sp³-hybridized carbons (Fsp3) is 0.0417. The number of benzene rings is 3. The zero-order valence-corrected chi connectivity index (χ0v) is 17.5. The van der Waals surface area contributed by atoms with Gasteiger partial charge in [-0.1, -0.05) is 41.9 Å². The third-order valence-corrected chi connectivity index (χ3v) is 4.88. The molecule has 4 aromatic rings. The number of rotatable bonds is 7. The molecule has 0 fully saturated rings. The van der Waals surface area contributed by atoms with E-state index in [1.165, 1.54) is 23.0 Å². The van der Waals surface area contributed by atoms with E-state index in [2.05, 4.69) is 15.6 Å². The van der Waals surface area contributed by atoms with Gasteiger partial charge in [-0.05, 0) is 59.7 Å². The molecule has 8 heteroatoms. The van der Waals surface area contributed by atoms with Crippen LogP contribution in [0.25, 0.3) is 5.69 Å². The first-order chi connectivity index (χ1) is 15.6. The fourth-order valence-corrected chi connectivity index (χ4v) is 3.01. The molecule has 0 unspecified atom stereocenters. The zero-order chi connectivity index (χ0) is 22.3. The number of hydrogen-bond donors (Lipinski definition) is 1. The standard InChI is InChI=1S/C24H18ClFN4O2/c25-23-22(15-28-30(24(23)31)20-4-2-1-3-5-20)29-27-14-17-8-12-21(13-9-17)32-16-18-6-10-19(26)11-7-18/h1-15,29H,16H2/b27-14+. The highest BCUT2D eigenvalue weighted by molar-refractivity contribution is 6.32. The van der Waals surface area contributed by atoms with E-state index in [9.17, 15) is 9.18 Å². The molecule has 0 aliphatic heterocycles. The Morgan fingerprint density at radius 3 is 2.47 bits per heavy atom. The van der Waals surface area contributed by atoms with Gasteiger partial charge in [0.1, 0.15) is 28.9 Å². The highest BCUT2D eigenvalue weighted by atomic mass is 35.5. The molecule has 1 aromatic heterocycles. The average molecular weight is 449 g/mol. The van der Waals surface area contributed by atoms with Crippen LogP contribution in [0.15, 0.2) is 95.0 Å². The molecule has 0 saturated heterocycles. The van der Waals surface area contributed by atoms with Gasteiger partial charge in [0.25, 0.3) is 5.56 Å². The van der Waals surface area contributed by atoms with Crippen LogP contribution in [-0.4, -0.2) is 16.0 Å². The summed E-state index contributed by atoms with van der Waals surface area (Å²) in [4.78, 5) is 12.5. The van der Waals surface area contributed by atoms with Gasteiger partial charge >= 0.3 is 0 Å². The van der Waals surface area contributed by atoms with Crippen molar-refractivity contribution in [1.82, 2.24) is 9.78 Å². The Balaban J connectivity index is 1.37. The summed E-state index contributed by atoms with van der Waals surface area (Å²) in [7, 11) is 0. The van der Waals surface area contributed by atoms with Gasteiger partial charge in [0.15, 0.2) is 0 Å². The molecule has 6 nitrogen and oxygen atoms in total. The van der Waals surface area contributed by atoms with E-state index in [0.717, 1.165) is 11.1 Å². The van der Waals surface area contributed by atoms with Crippen LogP contribution in [0.3, 0.4) is 0 Å². The summed E-state index contributed by atoms with van der Waals surface area (Å²) in [6, 6.07) is 22.4. The van der Waals surface area contributed by atoms with Crippen molar-refractivity contribution in [2.75, 3.05) is 5.43 Å². The molecule has 0 aliphatic rings. The minimum Gasteiger partial charge on any atom is -0.489 e. The SMILES string of the molecule is O=c1c(Cl)c(N/N=C/c2ccc(OCc3ccc(F)cc3)cc2)cnn1-c1ccccc1. The van der Waals surface area contributed by atoms with Crippen molar-refractivity contribution in [1.29, 1.82) is 0 Å². The van der Waals surface area contributed by atoms with Crippen molar-refractivity contribution in [3.63, 3.8) is 0 Å². The molecule has 0 aliphatic carbocycles. The Morgan fingerprint density at radius 1 is 1.03 bits per heavy atom. The minimum absolute atomic E-state index is 0.00876. The molecule has 0 atom stereocenters. The highest BCUT2D eigenvalue weighted by Crippen LogP contribution is 2.17. The molecule has 0 bridgehead atoms. The lowest BCUT2D eigenvalue weighted by molar-refractivity contribution is 0.306.